The Labute approximate surface area is 160 Å². The Balaban J connectivity index is 1.50. The lowest BCUT2D eigenvalue weighted by atomic mass is 9.96. The Bertz CT molecular complexity index is 804. The van der Waals surface area contributed by atoms with Crippen LogP contribution in [0.4, 0.5) is 4.39 Å². The van der Waals surface area contributed by atoms with E-state index in [-0.39, 0.29) is 17.4 Å². The van der Waals surface area contributed by atoms with Crippen molar-refractivity contribution in [1.29, 1.82) is 0 Å². The van der Waals surface area contributed by atoms with Crippen LogP contribution in [0, 0.1) is 11.7 Å². The minimum Gasteiger partial charge on any atom is -0.352 e. The molecule has 1 fully saturated rings. The molecular weight excluding hydrogens is 399 g/mol. The van der Waals surface area contributed by atoms with Crippen LogP contribution in [0.2, 0.25) is 0 Å². The number of likely N-dealkylation sites (tertiary alicyclic amines) is 1. The van der Waals surface area contributed by atoms with Crippen LogP contribution in [0.15, 0.2) is 53.0 Å². The summed E-state index contributed by atoms with van der Waals surface area (Å²) in [5.74, 6) is -0.549. The summed E-state index contributed by atoms with van der Waals surface area (Å²) in [5, 5.41) is 2.96. The zero-order chi connectivity index (χ0) is 18.5. The SMILES string of the molecule is O=C(NCC1CCN(C(=O)c2ccccc2F)CC1)c1ccccc1Br. The number of rotatable bonds is 4. The number of nitrogens with one attached hydrogen (secondary N) is 1. The van der Waals surface area contributed by atoms with Crippen LogP contribution in [0.25, 0.3) is 0 Å². The first-order valence-corrected chi connectivity index (χ1v) is 9.42. The highest BCUT2D eigenvalue weighted by atomic mass is 79.9. The van der Waals surface area contributed by atoms with E-state index in [1.165, 1.54) is 12.1 Å². The van der Waals surface area contributed by atoms with Gasteiger partial charge in [0.1, 0.15) is 5.82 Å². The van der Waals surface area contributed by atoms with E-state index in [0.717, 1.165) is 17.3 Å². The van der Waals surface area contributed by atoms with Gasteiger partial charge < -0.3 is 10.2 Å². The molecule has 3 rings (SSSR count). The maximum absolute atomic E-state index is 13.8. The third-order valence-corrected chi connectivity index (χ3v) is 5.37. The van der Waals surface area contributed by atoms with Crippen molar-refractivity contribution in [3.63, 3.8) is 0 Å². The van der Waals surface area contributed by atoms with Gasteiger partial charge in [-0.25, -0.2) is 4.39 Å². The third kappa shape index (κ3) is 4.30. The fourth-order valence-electron chi connectivity index (χ4n) is 3.12. The molecule has 1 aliphatic heterocycles. The molecule has 2 amide bonds. The molecule has 1 saturated heterocycles. The van der Waals surface area contributed by atoms with Crippen molar-refractivity contribution >= 4 is 27.7 Å². The van der Waals surface area contributed by atoms with Crippen molar-refractivity contribution in [2.75, 3.05) is 19.6 Å². The van der Waals surface area contributed by atoms with E-state index in [2.05, 4.69) is 21.2 Å². The maximum atomic E-state index is 13.8. The lowest BCUT2D eigenvalue weighted by Crippen LogP contribution is -2.41. The standard InChI is InChI=1S/C20H20BrFN2O2/c21-17-7-3-1-5-15(17)19(25)23-13-14-9-11-24(12-10-14)20(26)16-6-2-4-8-18(16)22/h1-8,14H,9-13H2,(H,23,25). The molecule has 0 aromatic heterocycles. The summed E-state index contributed by atoms with van der Waals surface area (Å²) in [4.78, 5) is 26.4. The van der Waals surface area contributed by atoms with Crippen molar-refractivity contribution in [2.24, 2.45) is 5.92 Å². The summed E-state index contributed by atoms with van der Waals surface area (Å²) >= 11 is 3.38. The minimum absolute atomic E-state index is 0.109. The van der Waals surface area contributed by atoms with Gasteiger partial charge in [0.25, 0.3) is 11.8 Å². The molecule has 0 unspecified atom stereocenters. The van der Waals surface area contributed by atoms with Crippen molar-refractivity contribution in [2.45, 2.75) is 12.8 Å². The zero-order valence-corrected chi connectivity index (χ0v) is 15.8. The van der Waals surface area contributed by atoms with Crippen LogP contribution in [0.1, 0.15) is 33.6 Å². The van der Waals surface area contributed by atoms with Crippen molar-refractivity contribution in [3.8, 4) is 0 Å². The van der Waals surface area contributed by atoms with Crippen LogP contribution in [-0.4, -0.2) is 36.3 Å². The Hall–Kier alpha value is -2.21. The Morgan fingerprint density at radius 1 is 1.04 bits per heavy atom. The van der Waals surface area contributed by atoms with Gasteiger partial charge in [0, 0.05) is 24.1 Å². The average Bonchev–Trinajstić information content (AvgIpc) is 2.67. The Kier molecular flexibility index (Phi) is 6.04. The number of hydrogen-bond acceptors (Lipinski definition) is 2. The van der Waals surface area contributed by atoms with Gasteiger partial charge >= 0.3 is 0 Å². The molecule has 0 radical (unpaired) electrons. The van der Waals surface area contributed by atoms with Crippen molar-refractivity contribution in [3.05, 3.63) is 69.9 Å². The van der Waals surface area contributed by atoms with Crippen LogP contribution in [0.3, 0.4) is 0 Å². The van der Waals surface area contributed by atoms with Crippen LogP contribution < -0.4 is 5.32 Å². The lowest BCUT2D eigenvalue weighted by molar-refractivity contribution is 0.0679. The average molecular weight is 419 g/mol. The van der Waals surface area contributed by atoms with Gasteiger partial charge in [-0.1, -0.05) is 24.3 Å². The second-order valence-electron chi connectivity index (χ2n) is 6.41. The van der Waals surface area contributed by atoms with Gasteiger partial charge in [-0.3, -0.25) is 9.59 Å². The zero-order valence-electron chi connectivity index (χ0n) is 14.3. The van der Waals surface area contributed by atoms with Crippen LogP contribution >= 0.6 is 15.9 Å². The fraction of sp³-hybridized carbons (Fsp3) is 0.300. The van der Waals surface area contributed by atoms with Crippen LogP contribution in [-0.2, 0) is 0 Å². The molecule has 136 valence electrons. The molecule has 2 aromatic rings. The van der Waals surface area contributed by atoms with E-state index < -0.39 is 5.82 Å². The molecule has 1 heterocycles. The lowest BCUT2D eigenvalue weighted by Gasteiger charge is -2.32. The van der Waals surface area contributed by atoms with E-state index in [0.29, 0.717) is 31.1 Å². The smallest absolute Gasteiger partial charge is 0.256 e. The van der Waals surface area contributed by atoms with Gasteiger partial charge in [-0.15, -0.1) is 0 Å². The number of hydrogen-bond donors (Lipinski definition) is 1. The predicted molar refractivity (Wildman–Crippen MR) is 102 cm³/mol. The maximum Gasteiger partial charge on any atom is 0.256 e. The van der Waals surface area contributed by atoms with E-state index in [4.69, 9.17) is 0 Å². The molecule has 0 bridgehead atoms. The first-order valence-electron chi connectivity index (χ1n) is 8.63. The molecule has 2 aromatic carbocycles. The molecule has 1 aliphatic rings. The quantitative estimate of drug-likeness (QED) is 0.818. The number of carbonyl (C=O) groups excluding carboxylic acids is 2. The Morgan fingerprint density at radius 2 is 1.65 bits per heavy atom. The molecule has 4 nitrogen and oxygen atoms in total. The predicted octanol–water partition coefficient (Wildman–Crippen LogP) is 3.87. The highest BCUT2D eigenvalue weighted by Gasteiger charge is 2.25. The monoisotopic (exact) mass is 418 g/mol. The van der Waals surface area contributed by atoms with E-state index >= 15 is 0 Å². The molecule has 6 heteroatoms. The molecule has 0 atom stereocenters. The van der Waals surface area contributed by atoms with E-state index in [9.17, 15) is 14.0 Å². The molecule has 1 N–H and O–H groups in total. The van der Waals surface area contributed by atoms with E-state index in [1.54, 1.807) is 23.1 Å². The number of benzene rings is 2. The fourth-order valence-corrected chi connectivity index (χ4v) is 3.59. The summed E-state index contributed by atoms with van der Waals surface area (Å²) < 4.78 is 14.5. The molecule has 26 heavy (non-hydrogen) atoms. The first kappa shape index (κ1) is 18.6. The molecule has 0 spiro atoms. The van der Waals surface area contributed by atoms with Crippen molar-refractivity contribution < 1.29 is 14.0 Å². The highest BCUT2D eigenvalue weighted by molar-refractivity contribution is 9.10. The van der Waals surface area contributed by atoms with Crippen molar-refractivity contribution in [1.82, 2.24) is 10.2 Å². The summed E-state index contributed by atoms with van der Waals surface area (Å²) in [6.07, 6.45) is 1.58. The second-order valence-corrected chi connectivity index (χ2v) is 7.26. The number of piperidine rings is 1. The largest absolute Gasteiger partial charge is 0.352 e. The summed E-state index contributed by atoms with van der Waals surface area (Å²) in [5.41, 5.74) is 0.729. The molecule has 0 aliphatic carbocycles. The highest BCUT2D eigenvalue weighted by Crippen LogP contribution is 2.20. The van der Waals surface area contributed by atoms with E-state index in [1.807, 2.05) is 18.2 Å². The summed E-state index contributed by atoms with van der Waals surface area (Å²) in [7, 11) is 0. The molecular formula is C20H20BrFN2O2. The van der Waals surface area contributed by atoms with Gasteiger partial charge in [-0.2, -0.15) is 0 Å². The topological polar surface area (TPSA) is 49.4 Å². The normalized spacial score (nSPS) is 14.9. The molecule has 0 saturated carbocycles. The van der Waals surface area contributed by atoms with Gasteiger partial charge in [0.2, 0.25) is 0 Å². The summed E-state index contributed by atoms with van der Waals surface area (Å²) in [6.45, 7) is 1.72. The van der Waals surface area contributed by atoms with Crippen LogP contribution in [0.5, 0.6) is 0 Å². The van der Waals surface area contributed by atoms with Gasteiger partial charge in [0.15, 0.2) is 0 Å². The summed E-state index contributed by atoms with van der Waals surface area (Å²) in [6, 6.07) is 13.4. The third-order valence-electron chi connectivity index (χ3n) is 4.68. The number of nitrogens with zero attached hydrogens (tertiary/aromatic N) is 1. The number of carbonyl (C=O) groups is 2. The number of halogens is 2. The Morgan fingerprint density at radius 3 is 2.31 bits per heavy atom. The van der Waals surface area contributed by atoms with Gasteiger partial charge in [-0.05, 0) is 59.0 Å². The van der Waals surface area contributed by atoms with Gasteiger partial charge in [0.05, 0.1) is 11.1 Å². The minimum atomic E-state index is -0.486. The first-order chi connectivity index (χ1) is 12.6. The number of amides is 2. The second kappa shape index (κ2) is 8.45.